The summed E-state index contributed by atoms with van der Waals surface area (Å²) in [6.07, 6.45) is 1.37. The molecule has 0 spiro atoms. The lowest BCUT2D eigenvalue weighted by Gasteiger charge is -2.17. The van der Waals surface area contributed by atoms with E-state index in [0.29, 0.717) is 33.0 Å². The summed E-state index contributed by atoms with van der Waals surface area (Å²) in [5.41, 5.74) is 2.06. The van der Waals surface area contributed by atoms with E-state index in [9.17, 15) is 14.9 Å². The number of nitrogens with one attached hydrogen (secondary N) is 1. The fraction of sp³-hybridized carbons (Fsp3) is 0.130. The minimum atomic E-state index is -0.617. The van der Waals surface area contributed by atoms with Crippen LogP contribution in [-0.2, 0) is 9.59 Å². The van der Waals surface area contributed by atoms with Crippen LogP contribution in [0.25, 0.3) is 6.08 Å². The number of halogens is 1. The Kier molecular flexibility index (Phi) is 7.25. The van der Waals surface area contributed by atoms with Gasteiger partial charge in [0.05, 0.1) is 24.2 Å². The first-order valence-electron chi connectivity index (χ1n) is 9.42. The first kappa shape index (κ1) is 23.0. The van der Waals surface area contributed by atoms with Crippen LogP contribution in [0.4, 0.5) is 16.5 Å². The monoisotopic (exact) mass is 466 g/mol. The maximum absolute atomic E-state index is 12.7. The predicted octanol–water partition coefficient (Wildman–Crippen LogP) is 5.34. The van der Waals surface area contributed by atoms with E-state index < -0.39 is 5.91 Å². The molecule has 0 bridgehead atoms. The number of carbonyl (C=O) groups is 2. The minimum absolute atomic E-state index is 0.148. The van der Waals surface area contributed by atoms with Gasteiger partial charge in [-0.15, -0.1) is 11.3 Å². The number of carbonyl (C=O) groups excluding carboxylic acids is 2. The van der Waals surface area contributed by atoms with Crippen molar-refractivity contribution in [3.05, 3.63) is 69.7 Å². The van der Waals surface area contributed by atoms with E-state index in [4.69, 9.17) is 16.3 Å². The number of thiazole rings is 1. The summed E-state index contributed by atoms with van der Waals surface area (Å²) in [7, 11) is 1.46. The van der Waals surface area contributed by atoms with Crippen LogP contribution >= 0.6 is 22.9 Å². The Morgan fingerprint density at radius 2 is 2.00 bits per heavy atom. The minimum Gasteiger partial charge on any atom is -0.495 e. The maximum Gasteiger partial charge on any atom is 0.266 e. The van der Waals surface area contributed by atoms with Gasteiger partial charge in [0.1, 0.15) is 17.4 Å². The molecule has 9 heteroatoms. The number of amides is 2. The number of benzene rings is 2. The first-order valence-corrected chi connectivity index (χ1v) is 10.7. The Labute approximate surface area is 194 Å². The predicted molar refractivity (Wildman–Crippen MR) is 126 cm³/mol. The van der Waals surface area contributed by atoms with E-state index in [1.807, 2.05) is 24.3 Å². The van der Waals surface area contributed by atoms with Gasteiger partial charge in [-0.2, -0.15) is 5.26 Å². The van der Waals surface area contributed by atoms with E-state index in [-0.39, 0.29) is 11.5 Å². The molecule has 162 valence electrons. The summed E-state index contributed by atoms with van der Waals surface area (Å²) in [5.74, 6) is -0.444. The molecule has 2 aromatic carbocycles. The molecular weight excluding hydrogens is 448 g/mol. The summed E-state index contributed by atoms with van der Waals surface area (Å²) in [6.45, 7) is 3.24. The fourth-order valence-corrected chi connectivity index (χ4v) is 3.86. The van der Waals surface area contributed by atoms with E-state index in [2.05, 4.69) is 10.3 Å². The number of para-hydroxylation sites is 1. The summed E-state index contributed by atoms with van der Waals surface area (Å²) in [5, 5.41) is 14.8. The summed E-state index contributed by atoms with van der Waals surface area (Å²) < 4.78 is 5.26. The van der Waals surface area contributed by atoms with Gasteiger partial charge in [-0.1, -0.05) is 29.8 Å². The van der Waals surface area contributed by atoms with E-state index in [0.717, 1.165) is 5.56 Å². The third-order valence-electron chi connectivity index (χ3n) is 4.42. The quantitative estimate of drug-likeness (QED) is 0.390. The third-order valence-corrected chi connectivity index (χ3v) is 5.67. The first-order chi connectivity index (χ1) is 15.3. The summed E-state index contributed by atoms with van der Waals surface area (Å²) >= 11 is 7.33. The second kappa shape index (κ2) is 10.1. The molecule has 1 heterocycles. The van der Waals surface area contributed by atoms with Crippen molar-refractivity contribution in [2.24, 2.45) is 0 Å². The van der Waals surface area contributed by atoms with Gasteiger partial charge in [-0.05, 0) is 36.8 Å². The Hall–Kier alpha value is -3.67. The van der Waals surface area contributed by atoms with E-state index >= 15 is 0 Å². The Morgan fingerprint density at radius 1 is 1.28 bits per heavy atom. The van der Waals surface area contributed by atoms with E-state index in [1.54, 1.807) is 36.6 Å². The number of aromatic nitrogens is 1. The topological polar surface area (TPSA) is 95.3 Å². The third kappa shape index (κ3) is 5.14. The average molecular weight is 467 g/mol. The second-order valence-electron chi connectivity index (χ2n) is 6.67. The molecule has 0 aliphatic rings. The molecule has 0 aliphatic carbocycles. The largest absolute Gasteiger partial charge is 0.495 e. The highest BCUT2D eigenvalue weighted by Crippen LogP contribution is 2.32. The molecule has 0 aliphatic heterocycles. The van der Waals surface area contributed by atoms with Crippen molar-refractivity contribution in [3.63, 3.8) is 0 Å². The van der Waals surface area contributed by atoms with Gasteiger partial charge in [-0.25, -0.2) is 4.98 Å². The molecule has 1 aromatic heterocycles. The van der Waals surface area contributed by atoms with Crippen LogP contribution in [0.1, 0.15) is 18.2 Å². The molecule has 32 heavy (non-hydrogen) atoms. The van der Waals surface area contributed by atoms with Crippen LogP contribution < -0.4 is 15.0 Å². The lowest BCUT2D eigenvalue weighted by Crippen LogP contribution is -2.22. The number of ether oxygens (including phenoxy) is 1. The van der Waals surface area contributed by atoms with Crippen LogP contribution in [0.2, 0.25) is 5.02 Å². The van der Waals surface area contributed by atoms with Gasteiger partial charge < -0.3 is 10.1 Å². The number of aryl methyl sites for hydroxylation is 1. The number of nitrogens with zero attached hydrogens (tertiary/aromatic N) is 3. The molecular formula is C23H19ClN4O3S. The van der Waals surface area contributed by atoms with Gasteiger partial charge in [-0.3, -0.25) is 14.5 Å². The normalized spacial score (nSPS) is 10.9. The number of anilines is 3. The van der Waals surface area contributed by atoms with Gasteiger partial charge in [0.2, 0.25) is 5.91 Å². The second-order valence-corrected chi connectivity index (χ2v) is 7.91. The van der Waals surface area contributed by atoms with Gasteiger partial charge >= 0.3 is 0 Å². The van der Waals surface area contributed by atoms with Crippen LogP contribution in [0.15, 0.2) is 53.4 Å². The van der Waals surface area contributed by atoms with Gasteiger partial charge in [0.15, 0.2) is 5.13 Å². The number of methoxy groups -OCH3 is 1. The van der Waals surface area contributed by atoms with Gasteiger partial charge in [0.25, 0.3) is 5.91 Å². The van der Waals surface area contributed by atoms with Crippen molar-refractivity contribution in [1.29, 1.82) is 5.26 Å². The molecule has 0 saturated heterocycles. The highest BCUT2D eigenvalue weighted by Gasteiger charge is 2.19. The number of nitriles is 1. The number of rotatable bonds is 6. The van der Waals surface area contributed by atoms with Crippen LogP contribution in [0.3, 0.4) is 0 Å². The molecule has 0 saturated carbocycles. The zero-order valence-corrected chi connectivity index (χ0v) is 19.1. The summed E-state index contributed by atoms with van der Waals surface area (Å²) in [4.78, 5) is 30.8. The molecule has 3 rings (SSSR count). The smallest absolute Gasteiger partial charge is 0.266 e. The lowest BCUT2D eigenvalue weighted by atomic mass is 10.1. The van der Waals surface area contributed by atoms with Crippen molar-refractivity contribution in [3.8, 4) is 11.8 Å². The van der Waals surface area contributed by atoms with Crippen molar-refractivity contribution >= 4 is 57.3 Å². The Bertz CT molecular complexity index is 1230. The molecule has 0 fully saturated rings. The SMILES string of the molecule is COc1cc(Cl)c(C)cc1NC(=O)/C(C#N)=C/c1csc(N(C(C)=O)c2ccccc2)n1. The Balaban J connectivity index is 1.87. The number of hydrogen-bond donors (Lipinski definition) is 1. The zero-order chi connectivity index (χ0) is 23.3. The zero-order valence-electron chi connectivity index (χ0n) is 17.5. The molecule has 0 atom stereocenters. The van der Waals surface area contributed by atoms with Crippen molar-refractivity contribution in [2.75, 3.05) is 17.3 Å². The highest BCUT2D eigenvalue weighted by atomic mass is 35.5. The Morgan fingerprint density at radius 3 is 2.62 bits per heavy atom. The average Bonchev–Trinajstić information content (AvgIpc) is 3.22. The molecule has 1 N–H and O–H groups in total. The van der Waals surface area contributed by atoms with Crippen LogP contribution in [0, 0.1) is 18.3 Å². The van der Waals surface area contributed by atoms with Gasteiger partial charge in [0, 0.05) is 23.4 Å². The lowest BCUT2D eigenvalue weighted by molar-refractivity contribution is -0.116. The molecule has 3 aromatic rings. The van der Waals surface area contributed by atoms with Crippen molar-refractivity contribution in [2.45, 2.75) is 13.8 Å². The van der Waals surface area contributed by atoms with Crippen molar-refractivity contribution in [1.82, 2.24) is 4.98 Å². The highest BCUT2D eigenvalue weighted by molar-refractivity contribution is 7.14. The maximum atomic E-state index is 12.7. The summed E-state index contributed by atoms with van der Waals surface area (Å²) in [6, 6.07) is 14.3. The fourth-order valence-electron chi connectivity index (χ4n) is 2.87. The van der Waals surface area contributed by atoms with Crippen LogP contribution in [-0.4, -0.2) is 23.9 Å². The standard InChI is InChI=1S/C23H19ClN4O3S/c1-14-9-20(21(31-3)11-19(14)24)27-22(30)16(12-25)10-17-13-32-23(26-17)28(15(2)29)18-7-5-4-6-8-18/h4-11,13H,1-3H3,(H,27,30)/b16-10+. The molecule has 2 amide bonds. The molecule has 7 nitrogen and oxygen atoms in total. The van der Waals surface area contributed by atoms with E-state index in [1.165, 1.54) is 36.3 Å². The molecule has 0 unspecified atom stereocenters. The van der Waals surface area contributed by atoms with Crippen LogP contribution in [0.5, 0.6) is 5.75 Å². The molecule has 0 radical (unpaired) electrons. The van der Waals surface area contributed by atoms with Crippen molar-refractivity contribution < 1.29 is 14.3 Å². The number of hydrogen-bond acceptors (Lipinski definition) is 6.